The molecule has 0 spiro atoms. The zero-order valence-corrected chi connectivity index (χ0v) is 16.4. The molecule has 0 N–H and O–H groups in total. The quantitative estimate of drug-likeness (QED) is 0.660. The lowest BCUT2D eigenvalue weighted by atomic mass is 9.83. The molecule has 3 nitrogen and oxygen atoms in total. The van der Waals surface area contributed by atoms with Crippen molar-refractivity contribution < 1.29 is 13.6 Å². The van der Waals surface area contributed by atoms with E-state index in [1.807, 2.05) is 0 Å². The molecule has 2 aromatic carbocycles. The molecule has 2 aromatic rings. The van der Waals surface area contributed by atoms with Gasteiger partial charge >= 0.3 is 0 Å². The van der Waals surface area contributed by atoms with E-state index < -0.39 is 0 Å². The molecule has 0 radical (unpaired) electrons. The second-order valence-corrected chi connectivity index (χ2v) is 8.29. The second kappa shape index (κ2) is 7.26. The topological polar surface area (TPSA) is 32.7 Å². The largest absolute Gasteiger partial charge is 0.279 e. The number of hydrogen-bond donors (Lipinski definition) is 0. The molecule has 29 heavy (non-hydrogen) atoms. The molecule has 0 aromatic heterocycles. The number of amides is 1. The van der Waals surface area contributed by atoms with Crippen LogP contribution in [0.25, 0.3) is 6.08 Å². The van der Waals surface area contributed by atoms with E-state index in [1.165, 1.54) is 36.0 Å². The van der Waals surface area contributed by atoms with Gasteiger partial charge in [0.15, 0.2) is 5.17 Å². The number of rotatable bonds is 2. The Balaban J connectivity index is 1.64. The van der Waals surface area contributed by atoms with Gasteiger partial charge in [-0.3, -0.25) is 9.69 Å². The van der Waals surface area contributed by atoms with Crippen molar-refractivity contribution in [1.82, 2.24) is 4.90 Å². The van der Waals surface area contributed by atoms with Gasteiger partial charge in [0.05, 0.1) is 17.5 Å². The fraction of sp³-hybridized carbons (Fsp3) is 0.217. The molecule has 1 amide bonds. The van der Waals surface area contributed by atoms with Crippen LogP contribution in [0.4, 0.5) is 8.78 Å². The monoisotopic (exact) mass is 408 g/mol. The third-order valence-electron chi connectivity index (χ3n) is 5.49. The molecule has 0 saturated carbocycles. The number of hydrogen-bond acceptors (Lipinski definition) is 3. The van der Waals surface area contributed by atoms with Crippen LogP contribution in [0.1, 0.15) is 36.4 Å². The number of fused-ring (bicyclic) bond motifs is 1. The van der Waals surface area contributed by atoms with E-state index in [-0.39, 0.29) is 23.6 Å². The molecule has 1 aliphatic carbocycles. The summed E-state index contributed by atoms with van der Waals surface area (Å²) in [5, 5.41) is 0.704. The Kier molecular flexibility index (Phi) is 4.59. The highest BCUT2D eigenvalue weighted by molar-refractivity contribution is 8.15. The number of halogens is 2. The minimum absolute atomic E-state index is 0.0317. The maximum atomic E-state index is 13.5. The molecule has 1 atom stereocenters. The molecule has 0 bridgehead atoms. The lowest BCUT2D eigenvalue weighted by Crippen LogP contribution is -2.38. The van der Waals surface area contributed by atoms with E-state index in [9.17, 15) is 13.6 Å². The summed E-state index contributed by atoms with van der Waals surface area (Å²) in [6.07, 6.45) is 4.71. The molecule has 146 valence electrons. The molecule has 1 fully saturated rings. The van der Waals surface area contributed by atoms with Gasteiger partial charge < -0.3 is 0 Å². The number of carbonyl (C=O) groups is 1. The molecule has 1 saturated heterocycles. The van der Waals surface area contributed by atoms with Crippen molar-refractivity contribution in [3.63, 3.8) is 0 Å². The summed E-state index contributed by atoms with van der Waals surface area (Å²) >= 11 is 1.44. The predicted octanol–water partition coefficient (Wildman–Crippen LogP) is 5.47. The number of benzene rings is 2. The Hall–Kier alpha value is -2.73. The van der Waals surface area contributed by atoms with E-state index in [2.05, 4.69) is 6.08 Å². The van der Waals surface area contributed by atoms with Gasteiger partial charge in [-0.05, 0) is 71.9 Å². The summed E-state index contributed by atoms with van der Waals surface area (Å²) in [4.78, 5) is 19.2. The third-order valence-corrected chi connectivity index (χ3v) is 6.43. The van der Waals surface area contributed by atoms with Gasteiger partial charge in [0, 0.05) is 0 Å². The van der Waals surface area contributed by atoms with Crippen LogP contribution in [-0.4, -0.2) is 21.7 Å². The Morgan fingerprint density at radius 3 is 2.41 bits per heavy atom. The van der Waals surface area contributed by atoms with Gasteiger partial charge in [-0.15, -0.1) is 0 Å². The summed E-state index contributed by atoms with van der Waals surface area (Å²) in [7, 11) is 0. The Bertz CT molecular complexity index is 1070. The molecule has 6 heteroatoms. The fourth-order valence-electron chi connectivity index (χ4n) is 4.18. The highest BCUT2D eigenvalue weighted by atomic mass is 32.2. The average Bonchev–Trinajstić information content (AvgIpc) is 3.10. The van der Waals surface area contributed by atoms with Gasteiger partial charge in [-0.2, -0.15) is 0 Å². The zero-order valence-electron chi connectivity index (χ0n) is 15.6. The van der Waals surface area contributed by atoms with Gasteiger partial charge in [-0.25, -0.2) is 13.8 Å². The SMILES string of the molecule is O=C1CSC2=NC3=C(CCC/C3=C/c3ccc(F)cc3)[C@H](c3ccc(F)cc3)N12. The summed E-state index contributed by atoms with van der Waals surface area (Å²) in [5.41, 5.74) is 4.92. The smallest absolute Gasteiger partial charge is 0.239 e. The summed E-state index contributed by atoms with van der Waals surface area (Å²) in [6.45, 7) is 0. The van der Waals surface area contributed by atoms with E-state index in [4.69, 9.17) is 4.99 Å². The van der Waals surface area contributed by atoms with Crippen LogP contribution in [0.15, 0.2) is 70.4 Å². The van der Waals surface area contributed by atoms with Crippen molar-refractivity contribution in [3.05, 3.63) is 88.1 Å². The van der Waals surface area contributed by atoms with Crippen molar-refractivity contribution >= 4 is 28.9 Å². The normalized spacial score (nSPS) is 22.6. The van der Waals surface area contributed by atoms with Gasteiger partial charge in [0.25, 0.3) is 0 Å². The highest BCUT2D eigenvalue weighted by Crippen LogP contribution is 2.47. The Labute approximate surface area is 171 Å². The maximum Gasteiger partial charge on any atom is 0.239 e. The van der Waals surface area contributed by atoms with Crippen LogP contribution in [0.2, 0.25) is 0 Å². The van der Waals surface area contributed by atoms with Gasteiger partial charge in [0.2, 0.25) is 5.91 Å². The van der Waals surface area contributed by atoms with Crippen molar-refractivity contribution in [2.24, 2.45) is 4.99 Å². The van der Waals surface area contributed by atoms with Crippen LogP contribution < -0.4 is 0 Å². The first-order valence-corrected chi connectivity index (χ1v) is 10.6. The van der Waals surface area contributed by atoms with Crippen molar-refractivity contribution in [2.45, 2.75) is 25.3 Å². The summed E-state index contributed by atoms with van der Waals surface area (Å²) in [6, 6.07) is 12.5. The minimum Gasteiger partial charge on any atom is -0.279 e. The fourth-order valence-corrected chi connectivity index (χ4v) is 5.08. The number of carbonyl (C=O) groups excluding carboxylic acids is 1. The first-order valence-electron chi connectivity index (χ1n) is 9.59. The number of thioether (sulfide) groups is 1. The standard InChI is InChI=1S/C23H18F2N2OS/c24-17-8-4-14(5-9-17)12-16-2-1-3-19-21(16)26-23-27(20(28)13-29-23)22(19)15-6-10-18(25)11-7-15/h4-12,22H,1-3,13H2/b16-12-/t22-/m0/s1. The van der Waals surface area contributed by atoms with Gasteiger partial charge in [-0.1, -0.05) is 36.0 Å². The molecular formula is C23H18F2N2OS. The van der Waals surface area contributed by atoms with Crippen molar-refractivity contribution in [2.75, 3.05) is 5.75 Å². The molecule has 0 unspecified atom stereocenters. The lowest BCUT2D eigenvalue weighted by molar-refractivity contribution is -0.125. The van der Waals surface area contributed by atoms with Crippen LogP contribution in [0, 0.1) is 11.6 Å². The molecular weight excluding hydrogens is 390 g/mol. The minimum atomic E-state index is -0.296. The Morgan fingerprint density at radius 1 is 1.00 bits per heavy atom. The van der Waals surface area contributed by atoms with E-state index in [1.54, 1.807) is 29.2 Å². The molecule has 2 aliphatic heterocycles. The van der Waals surface area contributed by atoms with E-state index in [0.717, 1.165) is 47.2 Å². The average molecular weight is 408 g/mol. The number of allylic oxidation sites excluding steroid dienone is 1. The van der Waals surface area contributed by atoms with Gasteiger partial charge in [0.1, 0.15) is 11.6 Å². The first-order chi connectivity index (χ1) is 14.1. The maximum absolute atomic E-state index is 13.5. The van der Waals surface area contributed by atoms with E-state index >= 15 is 0 Å². The van der Waals surface area contributed by atoms with Crippen molar-refractivity contribution in [3.8, 4) is 0 Å². The number of nitrogens with zero attached hydrogens (tertiary/aromatic N) is 2. The first kappa shape index (κ1) is 18.3. The Morgan fingerprint density at radius 2 is 1.69 bits per heavy atom. The number of aliphatic imine (C=N–C) groups is 1. The molecule has 2 heterocycles. The molecule has 5 rings (SSSR count). The van der Waals surface area contributed by atoms with Crippen molar-refractivity contribution in [1.29, 1.82) is 0 Å². The van der Waals surface area contributed by atoms with Crippen LogP contribution >= 0.6 is 11.8 Å². The van der Waals surface area contributed by atoms with Crippen LogP contribution in [0.5, 0.6) is 0 Å². The van der Waals surface area contributed by atoms with Crippen LogP contribution in [0.3, 0.4) is 0 Å². The predicted molar refractivity (Wildman–Crippen MR) is 111 cm³/mol. The lowest BCUT2D eigenvalue weighted by Gasteiger charge is -2.37. The summed E-state index contributed by atoms with van der Waals surface area (Å²) < 4.78 is 26.8. The summed E-state index contributed by atoms with van der Waals surface area (Å²) in [5.74, 6) is -0.158. The van der Waals surface area contributed by atoms with Crippen LogP contribution in [-0.2, 0) is 4.79 Å². The second-order valence-electron chi connectivity index (χ2n) is 7.35. The van der Waals surface area contributed by atoms with E-state index in [0.29, 0.717) is 10.9 Å². The highest BCUT2D eigenvalue weighted by Gasteiger charge is 2.42. The zero-order chi connectivity index (χ0) is 20.0. The molecule has 3 aliphatic rings. The third kappa shape index (κ3) is 3.31. The number of amidine groups is 1.